The molecule has 0 spiro atoms. The maximum Gasteiger partial charge on any atom is 0.333 e. The maximum atomic E-state index is 6.92. The van der Waals surface area contributed by atoms with Crippen molar-refractivity contribution in [3.05, 3.63) is 176 Å². The normalized spacial score (nSPS) is 13.5. The van der Waals surface area contributed by atoms with Crippen molar-refractivity contribution >= 4 is 79.9 Å². The second-order valence-electron chi connectivity index (χ2n) is 14.0. The number of hydrogen-bond donors (Lipinski definition) is 0. The summed E-state index contributed by atoms with van der Waals surface area (Å²) in [6.07, 6.45) is 0. The molecule has 0 bridgehead atoms. The van der Waals surface area contributed by atoms with Gasteiger partial charge in [-0.05, 0) is 94.3 Å². The van der Waals surface area contributed by atoms with Crippen LogP contribution in [0.4, 0.5) is 28.4 Å². The fourth-order valence-electron chi connectivity index (χ4n) is 8.74. The molecule has 4 nitrogen and oxygen atoms in total. The van der Waals surface area contributed by atoms with Gasteiger partial charge in [0.2, 0.25) is 0 Å². The molecule has 0 aliphatic carbocycles. The highest BCUT2D eigenvalue weighted by molar-refractivity contribution is 7.99. The molecule has 9 aromatic rings. The Labute approximate surface area is 317 Å². The van der Waals surface area contributed by atoms with Gasteiger partial charge in [0.15, 0.2) is 5.58 Å². The van der Waals surface area contributed by atoms with Crippen LogP contribution in [0.15, 0.2) is 190 Å². The van der Waals surface area contributed by atoms with E-state index in [-0.39, 0.29) is 6.85 Å². The predicted molar refractivity (Wildman–Crippen MR) is 224 cm³/mol. The number of benzene rings is 8. The predicted octanol–water partition coefficient (Wildman–Crippen LogP) is 12.2. The summed E-state index contributed by atoms with van der Waals surface area (Å²) in [4.78, 5) is 7.19. The zero-order valence-electron chi connectivity index (χ0n) is 28.9. The van der Waals surface area contributed by atoms with E-state index in [9.17, 15) is 0 Å². The highest BCUT2D eigenvalue weighted by Crippen LogP contribution is 2.55. The van der Waals surface area contributed by atoms with Gasteiger partial charge in [0.1, 0.15) is 17.1 Å². The molecule has 0 atom stereocenters. The maximum absolute atomic E-state index is 6.92. The summed E-state index contributed by atoms with van der Waals surface area (Å²) in [5, 5.41) is 2.21. The van der Waals surface area contributed by atoms with Crippen molar-refractivity contribution < 1.29 is 9.15 Å². The van der Waals surface area contributed by atoms with E-state index >= 15 is 0 Å². The number of rotatable bonds is 3. The summed E-state index contributed by atoms with van der Waals surface area (Å²) in [6, 6.07) is 63.0. The Morgan fingerprint density at radius 1 is 0.500 bits per heavy atom. The smallest absolute Gasteiger partial charge is 0.333 e. The van der Waals surface area contributed by atoms with Crippen LogP contribution in [-0.4, -0.2) is 6.85 Å². The van der Waals surface area contributed by atoms with E-state index in [1.807, 2.05) is 6.07 Å². The molecule has 3 aliphatic rings. The molecule has 3 aliphatic heterocycles. The van der Waals surface area contributed by atoms with Gasteiger partial charge in [-0.3, -0.25) is 0 Å². The quantitative estimate of drug-likeness (QED) is 0.170. The second-order valence-corrected chi connectivity index (χ2v) is 15.1. The van der Waals surface area contributed by atoms with E-state index in [1.165, 1.54) is 27.6 Å². The third-order valence-corrected chi connectivity index (χ3v) is 12.2. The van der Waals surface area contributed by atoms with Crippen LogP contribution in [0.5, 0.6) is 11.5 Å². The number of anilines is 5. The minimum absolute atomic E-state index is 0.140. The third kappa shape index (κ3) is 4.29. The SMILES string of the molecule is c1ccc(-c2ccc(N3B4c5ccccc5N(c5ccccc5)c5c4c(cc4c5oc5ccccc54)-c4cc5c(cc43)Sc3ccccc3O5)cc2)cc1. The van der Waals surface area contributed by atoms with E-state index in [1.54, 1.807) is 11.8 Å². The van der Waals surface area contributed by atoms with Gasteiger partial charge in [-0.25, -0.2) is 0 Å². The summed E-state index contributed by atoms with van der Waals surface area (Å²) >= 11 is 1.77. The second kappa shape index (κ2) is 11.4. The van der Waals surface area contributed by atoms with Crippen molar-refractivity contribution in [1.29, 1.82) is 0 Å². The molecule has 0 fully saturated rings. The van der Waals surface area contributed by atoms with Crippen molar-refractivity contribution in [3.8, 4) is 33.8 Å². The highest BCUT2D eigenvalue weighted by atomic mass is 32.2. The Bertz CT molecular complexity index is 2960. The van der Waals surface area contributed by atoms with Crippen LogP contribution >= 0.6 is 11.8 Å². The zero-order valence-corrected chi connectivity index (χ0v) is 29.8. The fraction of sp³-hybridized carbons (Fsp3) is 0. The van der Waals surface area contributed by atoms with Gasteiger partial charge in [0.25, 0.3) is 0 Å². The van der Waals surface area contributed by atoms with Crippen LogP contribution < -0.4 is 25.4 Å². The lowest BCUT2D eigenvalue weighted by Gasteiger charge is -2.45. The van der Waals surface area contributed by atoms with Crippen molar-refractivity contribution in [2.24, 2.45) is 0 Å². The van der Waals surface area contributed by atoms with E-state index in [0.717, 1.165) is 77.2 Å². The van der Waals surface area contributed by atoms with Crippen LogP contribution in [0, 0.1) is 0 Å². The molecule has 252 valence electrons. The summed E-state index contributed by atoms with van der Waals surface area (Å²) < 4.78 is 13.6. The molecule has 12 rings (SSSR count). The van der Waals surface area contributed by atoms with Crippen molar-refractivity contribution in [1.82, 2.24) is 0 Å². The molecular weight excluding hydrogens is 679 g/mol. The van der Waals surface area contributed by atoms with Crippen LogP contribution in [0.2, 0.25) is 0 Å². The first-order valence-electron chi connectivity index (χ1n) is 18.3. The summed E-state index contributed by atoms with van der Waals surface area (Å²) in [6.45, 7) is -0.140. The molecule has 0 saturated heterocycles. The first-order chi connectivity index (χ1) is 26.8. The Morgan fingerprint density at radius 3 is 2.09 bits per heavy atom. The van der Waals surface area contributed by atoms with Gasteiger partial charge < -0.3 is 18.9 Å². The topological polar surface area (TPSA) is 28.9 Å². The standard InChI is InChI=1S/C48H29BN2O2S/c1-3-13-30(14-4-1)31-23-25-33(26-24-31)51-40-29-45-43(52-42-21-11-12-22-44(42)54-45)28-35(40)36-27-37-34-17-7-10-20-41(34)53-48(37)47-46(36)49(51)38-18-8-9-19-39(38)50(47)32-15-5-2-6-16-32/h1-29H. The molecular formula is C48H29BN2O2S. The van der Waals surface area contributed by atoms with Crippen molar-refractivity contribution in [3.63, 3.8) is 0 Å². The molecule has 0 unspecified atom stereocenters. The number of para-hydroxylation sites is 4. The van der Waals surface area contributed by atoms with Crippen molar-refractivity contribution in [2.45, 2.75) is 9.79 Å². The van der Waals surface area contributed by atoms with E-state index < -0.39 is 0 Å². The number of ether oxygens (including phenoxy) is 1. The third-order valence-electron chi connectivity index (χ3n) is 11.1. The average Bonchev–Trinajstić information content (AvgIpc) is 3.61. The molecule has 54 heavy (non-hydrogen) atoms. The van der Waals surface area contributed by atoms with Crippen LogP contribution in [-0.2, 0) is 0 Å². The van der Waals surface area contributed by atoms with E-state index in [0.29, 0.717) is 0 Å². The Kier molecular flexibility index (Phi) is 6.33. The number of hydrogen-bond acceptors (Lipinski definition) is 5. The average molecular weight is 709 g/mol. The summed E-state index contributed by atoms with van der Waals surface area (Å²) in [5.41, 5.74) is 14.5. The number of nitrogens with zero attached hydrogens (tertiary/aromatic N) is 2. The number of furan rings is 1. The van der Waals surface area contributed by atoms with Gasteiger partial charge in [0.05, 0.1) is 15.5 Å². The van der Waals surface area contributed by atoms with Crippen molar-refractivity contribution in [2.75, 3.05) is 9.71 Å². The molecule has 0 radical (unpaired) electrons. The first kappa shape index (κ1) is 29.9. The largest absolute Gasteiger partial charge is 0.455 e. The highest BCUT2D eigenvalue weighted by Gasteiger charge is 2.47. The van der Waals surface area contributed by atoms with E-state index in [2.05, 4.69) is 180 Å². The lowest BCUT2D eigenvalue weighted by molar-refractivity contribution is 0.455. The van der Waals surface area contributed by atoms with Crippen LogP contribution in [0.25, 0.3) is 44.2 Å². The molecule has 8 aromatic carbocycles. The van der Waals surface area contributed by atoms with Gasteiger partial charge in [-0.2, -0.15) is 0 Å². The van der Waals surface area contributed by atoms with Gasteiger partial charge >= 0.3 is 6.85 Å². The summed E-state index contributed by atoms with van der Waals surface area (Å²) in [7, 11) is 0. The Morgan fingerprint density at radius 2 is 1.22 bits per heavy atom. The minimum Gasteiger partial charge on any atom is -0.455 e. The fourth-order valence-corrected chi connectivity index (χ4v) is 9.71. The first-order valence-corrected chi connectivity index (χ1v) is 19.1. The molecule has 0 saturated carbocycles. The zero-order chi connectivity index (χ0) is 35.3. The molecule has 1 aromatic heterocycles. The minimum atomic E-state index is -0.140. The van der Waals surface area contributed by atoms with E-state index in [4.69, 9.17) is 9.15 Å². The molecule has 0 N–H and O–H groups in total. The lowest BCUT2D eigenvalue weighted by Crippen LogP contribution is -2.61. The monoisotopic (exact) mass is 708 g/mol. The van der Waals surface area contributed by atoms with Crippen LogP contribution in [0.3, 0.4) is 0 Å². The van der Waals surface area contributed by atoms with Gasteiger partial charge in [-0.15, -0.1) is 0 Å². The Balaban J connectivity index is 1.20. The Hall–Kier alpha value is -6.63. The lowest BCUT2D eigenvalue weighted by atomic mass is 9.43. The van der Waals surface area contributed by atoms with Gasteiger partial charge in [0, 0.05) is 39.1 Å². The molecule has 6 heteroatoms. The number of fused-ring (bicyclic) bond motifs is 10. The summed E-state index contributed by atoms with van der Waals surface area (Å²) in [5.74, 6) is 1.76. The molecule has 0 amide bonds. The van der Waals surface area contributed by atoms with Gasteiger partial charge in [-0.1, -0.05) is 121 Å². The van der Waals surface area contributed by atoms with Crippen LogP contribution in [0.1, 0.15) is 0 Å². The molecule has 4 heterocycles.